The lowest BCUT2D eigenvalue weighted by Crippen LogP contribution is -2.40. The summed E-state index contributed by atoms with van der Waals surface area (Å²) >= 11 is 0. The third kappa shape index (κ3) is 9.14. The van der Waals surface area contributed by atoms with Crippen molar-refractivity contribution < 1.29 is 29.0 Å². The molecule has 3 rings (SSSR count). The lowest BCUT2D eigenvalue weighted by Gasteiger charge is -2.15. The van der Waals surface area contributed by atoms with Gasteiger partial charge in [-0.2, -0.15) is 0 Å². The van der Waals surface area contributed by atoms with Crippen LogP contribution in [0.2, 0.25) is 0 Å². The summed E-state index contributed by atoms with van der Waals surface area (Å²) in [6.45, 7) is -0.269. The number of carboxylic acids is 1. The molecule has 1 atom stereocenters. The Morgan fingerprint density at radius 1 is 0.730 bits per heavy atom. The van der Waals surface area contributed by atoms with Crippen molar-refractivity contribution in [2.45, 2.75) is 18.9 Å². The molecule has 192 valence electrons. The minimum absolute atomic E-state index is 0.0424. The van der Waals surface area contributed by atoms with Crippen molar-refractivity contribution in [2.75, 3.05) is 19.6 Å². The molecule has 0 radical (unpaired) electrons. The molecule has 3 aromatic rings. The first-order chi connectivity index (χ1) is 17.9. The molecule has 0 aromatic heterocycles. The Labute approximate surface area is 214 Å². The van der Waals surface area contributed by atoms with E-state index < -0.39 is 29.8 Å². The topological polar surface area (TPSA) is 134 Å². The van der Waals surface area contributed by atoms with Crippen molar-refractivity contribution in [3.05, 3.63) is 96.1 Å². The molecule has 9 nitrogen and oxygen atoms in total. The van der Waals surface area contributed by atoms with E-state index in [0.717, 1.165) is 16.7 Å². The van der Waals surface area contributed by atoms with Crippen LogP contribution in [-0.4, -0.2) is 48.6 Å². The van der Waals surface area contributed by atoms with Crippen LogP contribution < -0.4 is 16.0 Å². The van der Waals surface area contributed by atoms with E-state index in [4.69, 9.17) is 4.74 Å². The van der Waals surface area contributed by atoms with Gasteiger partial charge in [0.05, 0.1) is 12.5 Å². The van der Waals surface area contributed by atoms with Crippen LogP contribution in [0.15, 0.2) is 84.9 Å². The lowest BCUT2D eigenvalue weighted by atomic mass is 9.96. The maximum absolute atomic E-state index is 12.1. The summed E-state index contributed by atoms with van der Waals surface area (Å²) < 4.78 is 5.05. The summed E-state index contributed by atoms with van der Waals surface area (Å²) in [5.41, 5.74) is 3.38. The minimum Gasteiger partial charge on any atom is -0.481 e. The number of carbonyl (C=O) groups excluding carboxylic acids is 3. The largest absolute Gasteiger partial charge is 0.481 e. The number of alkyl carbamates (subject to hydrolysis) is 1. The average molecular weight is 504 g/mol. The molecule has 3 amide bonds. The second kappa shape index (κ2) is 14.0. The Morgan fingerprint density at radius 3 is 2.00 bits per heavy atom. The third-order valence-electron chi connectivity index (χ3n) is 5.50. The highest BCUT2D eigenvalue weighted by molar-refractivity contribution is 5.85. The number of carbonyl (C=O) groups is 4. The summed E-state index contributed by atoms with van der Waals surface area (Å²) in [6, 6.07) is 26.0. The van der Waals surface area contributed by atoms with Crippen LogP contribution in [0.3, 0.4) is 0 Å². The average Bonchev–Trinajstić information content (AvgIpc) is 2.92. The Bertz CT molecular complexity index is 1180. The van der Waals surface area contributed by atoms with Crippen molar-refractivity contribution in [3.63, 3.8) is 0 Å². The molecule has 0 aliphatic rings. The molecule has 0 aliphatic heterocycles. The molecule has 1 unspecified atom stereocenters. The summed E-state index contributed by atoms with van der Waals surface area (Å²) in [5, 5.41) is 17.1. The molecule has 0 fully saturated rings. The highest BCUT2D eigenvalue weighted by atomic mass is 16.5. The summed E-state index contributed by atoms with van der Waals surface area (Å²) in [7, 11) is 0. The zero-order valence-electron chi connectivity index (χ0n) is 20.2. The van der Waals surface area contributed by atoms with Gasteiger partial charge in [0, 0.05) is 19.5 Å². The van der Waals surface area contributed by atoms with Crippen LogP contribution in [0.25, 0.3) is 11.1 Å². The Kier molecular flexibility index (Phi) is 10.2. The number of hydrogen-bond donors (Lipinski definition) is 4. The van der Waals surface area contributed by atoms with Gasteiger partial charge in [0.25, 0.3) is 0 Å². The van der Waals surface area contributed by atoms with Crippen LogP contribution in [0.1, 0.15) is 23.5 Å². The van der Waals surface area contributed by atoms with Gasteiger partial charge in [-0.05, 0) is 22.3 Å². The molecule has 0 aliphatic carbocycles. The molecule has 37 heavy (non-hydrogen) atoms. The number of benzene rings is 3. The predicted octanol–water partition coefficient (Wildman–Crippen LogP) is 3.07. The molecular formula is C28H29N3O6. The quantitative estimate of drug-likeness (QED) is 0.300. The van der Waals surface area contributed by atoms with Gasteiger partial charge < -0.3 is 25.8 Å². The van der Waals surface area contributed by atoms with Gasteiger partial charge in [0.2, 0.25) is 11.8 Å². The van der Waals surface area contributed by atoms with E-state index in [0.29, 0.717) is 5.56 Å². The second-order valence-corrected chi connectivity index (χ2v) is 8.20. The summed E-state index contributed by atoms with van der Waals surface area (Å²) in [4.78, 5) is 47.6. The van der Waals surface area contributed by atoms with Crippen LogP contribution in [0.4, 0.5) is 4.79 Å². The molecule has 9 heteroatoms. The van der Waals surface area contributed by atoms with E-state index in [2.05, 4.69) is 16.0 Å². The number of nitrogens with one attached hydrogen (secondary N) is 3. The Morgan fingerprint density at radius 2 is 1.35 bits per heavy atom. The SMILES string of the molecule is O=C(CCNC(=O)OCc1ccccc1)NCC(=O)NCC(C(=O)O)c1ccc(-c2ccccc2)cc1. The van der Waals surface area contributed by atoms with Crippen molar-refractivity contribution in [1.82, 2.24) is 16.0 Å². The molecule has 0 saturated heterocycles. The fourth-order valence-corrected chi connectivity index (χ4v) is 3.48. The van der Waals surface area contributed by atoms with Gasteiger partial charge in [-0.25, -0.2) is 4.79 Å². The maximum atomic E-state index is 12.1. The number of aliphatic carboxylic acids is 1. The number of amides is 3. The van der Waals surface area contributed by atoms with Crippen molar-refractivity contribution in [1.29, 1.82) is 0 Å². The summed E-state index contributed by atoms with van der Waals surface area (Å²) in [5.74, 6) is -2.96. The zero-order chi connectivity index (χ0) is 26.5. The normalized spacial score (nSPS) is 11.1. The van der Waals surface area contributed by atoms with E-state index in [1.165, 1.54) is 0 Å². The van der Waals surface area contributed by atoms with E-state index in [9.17, 15) is 24.3 Å². The van der Waals surface area contributed by atoms with Gasteiger partial charge in [-0.3, -0.25) is 14.4 Å². The molecular weight excluding hydrogens is 474 g/mol. The van der Waals surface area contributed by atoms with Crippen molar-refractivity contribution in [2.24, 2.45) is 0 Å². The van der Waals surface area contributed by atoms with Gasteiger partial charge in [-0.1, -0.05) is 84.9 Å². The van der Waals surface area contributed by atoms with E-state index in [-0.39, 0.29) is 32.7 Å². The number of carboxylic acid groups (broad SMARTS) is 1. The van der Waals surface area contributed by atoms with Crippen LogP contribution in [0, 0.1) is 0 Å². The smallest absolute Gasteiger partial charge is 0.407 e. The lowest BCUT2D eigenvalue weighted by molar-refractivity contribution is -0.138. The zero-order valence-corrected chi connectivity index (χ0v) is 20.2. The molecule has 0 spiro atoms. The van der Waals surface area contributed by atoms with E-state index in [1.54, 1.807) is 12.1 Å². The first-order valence-corrected chi connectivity index (χ1v) is 11.8. The highest BCUT2D eigenvalue weighted by Crippen LogP contribution is 2.23. The molecule has 0 saturated carbocycles. The highest BCUT2D eigenvalue weighted by Gasteiger charge is 2.21. The van der Waals surface area contributed by atoms with Crippen LogP contribution in [-0.2, 0) is 25.7 Å². The standard InChI is InChI=1S/C28H29N3O6/c32-25(15-16-29-28(36)37-19-20-7-3-1-4-8-20)31-18-26(33)30-17-24(27(34)35)23-13-11-22(12-14-23)21-9-5-2-6-10-21/h1-14,24H,15-19H2,(H,29,36)(H,30,33)(H,31,32)(H,34,35). The van der Waals surface area contributed by atoms with Gasteiger partial charge in [0.15, 0.2) is 0 Å². The fourth-order valence-electron chi connectivity index (χ4n) is 3.48. The number of hydrogen-bond acceptors (Lipinski definition) is 5. The van der Waals surface area contributed by atoms with Gasteiger partial charge >= 0.3 is 12.1 Å². The molecule has 4 N–H and O–H groups in total. The van der Waals surface area contributed by atoms with Gasteiger partial charge in [-0.15, -0.1) is 0 Å². The molecule has 0 heterocycles. The molecule has 0 bridgehead atoms. The van der Waals surface area contributed by atoms with Crippen LogP contribution in [0.5, 0.6) is 0 Å². The first-order valence-electron chi connectivity index (χ1n) is 11.8. The maximum Gasteiger partial charge on any atom is 0.407 e. The number of rotatable bonds is 12. The van der Waals surface area contributed by atoms with Crippen LogP contribution >= 0.6 is 0 Å². The van der Waals surface area contributed by atoms with E-state index >= 15 is 0 Å². The predicted molar refractivity (Wildman–Crippen MR) is 138 cm³/mol. The Balaban J connectivity index is 1.35. The first kappa shape index (κ1) is 26.9. The van der Waals surface area contributed by atoms with Crippen molar-refractivity contribution >= 4 is 23.9 Å². The van der Waals surface area contributed by atoms with Gasteiger partial charge in [0.1, 0.15) is 6.61 Å². The summed E-state index contributed by atoms with van der Waals surface area (Å²) in [6.07, 6.45) is -0.690. The third-order valence-corrected chi connectivity index (χ3v) is 5.50. The van der Waals surface area contributed by atoms with Crippen molar-refractivity contribution in [3.8, 4) is 11.1 Å². The van der Waals surface area contributed by atoms with E-state index in [1.807, 2.05) is 72.8 Å². The monoisotopic (exact) mass is 503 g/mol. The Hall–Kier alpha value is -4.66. The fraction of sp³-hybridized carbons (Fsp3) is 0.214. The number of ether oxygens (including phenoxy) is 1. The second-order valence-electron chi connectivity index (χ2n) is 8.20. The minimum atomic E-state index is -1.07. The molecule has 3 aromatic carbocycles.